The molecule has 0 heterocycles. The van der Waals surface area contributed by atoms with Crippen LogP contribution in [0.15, 0.2) is 30.3 Å². The van der Waals surface area contributed by atoms with Gasteiger partial charge in [-0.2, -0.15) is 0 Å². The zero-order valence-corrected chi connectivity index (χ0v) is 6.56. The number of hydrogen-bond acceptors (Lipinski definition) is 0. The second kappa shape index (κ2) is 6.14. The molecule has 1 radical (unpaired) electrons. The van der Waals surface area contributed by atoms with Crippen molar-refractivity contribution in [1.29, 1.82) is 0 Å². The molecule has 0 aliphatic rings. The SMILES string of the molecule is [Co].[NH-]c1ccccc1.[Ni]. The van der Waals surface area contributed by atoms with Crippen molar-refractivity contribution in [3.8, 4) is 0 Å². The molecule has 9 heavy (non-hydrogen) atoms. The fraction of sp³-hybridized carbons (Fsp3) is 0. The van der Waals surface area contributed by atoms with E-state index in [-0.39, 0.29) is 33.3 Å². The van der Waals surface area contributed by atoms with Crippen molar-refractivity contribution in [2.45, 2.75) is 0 Å². The van der Waals surface area contributed by atoms with E-state index >= 15 is 0 Å². The molecule has 0 spiro atoms. The first kappa shape index (κ1) is 11.8. The molecule has 0 unspecified atom stereocenters. The normalized spacial score (nSPS) is 6.67. The van der Waals surface area contributed by atoms with Crippen molar-refractivity contribution in [2.75, 3.05) is 0 Å². The van der Waals surface area contributed by atoms with E-state index in [0.29, 0.717) is 5.69 Å². The van der Waals surface area contributed by atoms with Gasteiger partial charge in [-0.3, -0.25) is 0 Å². The van der Waals surface area contributed by atoms with E-state index in [0.717, 1.165) is 0 Å². The molecule has 0 bridgehead atoms. The first-order chi connectivity index (χ1) is 3.39. The average molecular weight is 210 g/mol. The molecule has 0 atom stereocenters. The van der Waals surface area contributed by atoms with Gasteiger partial charge in [0, 0.05) is 33.3 Å². The molecule has 1 aromatic carbocycles. The van der Waals surface area contributed by atoms with Gasteiger partial charge in [0.1, 0.15) is 0 Å². The molecule has 0 amide bonds. The molecule has 0 fully saturated rings. The van der Waals surface area contributed by atoms with E-state index in [1.807, 2.05) is 18.2 Å². The van der Waals surface area contributed by atoms with Gasteiger partial charge in [0.05, 0.1) is 0 Å². The quantitative estimate of drug-likeness (QED) is 0.586. The van der Waals surface area contributed by atoms with Crippen LogP contribution in [-0.2, 0) is 33.3 Å². The Morgan fingerprint density at radius 3 is 1.67 bits per heavy atom. The van der Waals surface area contributed by atoms with E-state index < -0.39 is 0 Å². The van der Waals surface area contributed by atoms with Gasteiger partial charge < -0.3 is 5.73 Å². The van der Waals surface area contributed by atoms with Crippen LogP contribution in [0.4, 0.5) is 5.69 Å². The maximum Gasteiger partial charge on any atom is 0 e. The molecule has 1 rings (SSSR count). The van der Waals surface area contributed by atoms with Crippen LogP contribution in [0.25, 0.3) is 5.73 Å². The van der Waals surface area contributed by atoms with Gasteiger partial charge in [0.15, 0.2) is 0 Å². The van der Waals surface area contributed by atoms with Crippen LogP contribution in [0.1, 0.15) is 0 Å². The molecule has 0 saturated carbocycles. The maximum atomic E-state index is 7.00. The van der Waals surface area contributed by atoms with Gasteiger partial charge >= 0.3 is 0 Å². The van der Waals surface area contributed by atoms with Crippen molar-refractivity contribution in [3.05, 3.63) is 36.1 Å². The molecule has 0 aromatic heterocycles. The zero-order chi connectivity index (χ0) is 5.11. The summed E-state index contributed by atoms with van der Waals surface area (Å²) in [6, 6.07) is 9.10. The molecule has 1 N–H and O–H groups in total. The number of nitrogens with one attached hydrogen (secondary N) is 1. The van der Waals surface area contributed by atoms with Crippen molar-refractivity contribution in [1.82, 2.24) is 0 Å². The van der Waals surface area contributed by atoms with Crippen LogP contribution >= 0.6 is 0 Å². The Morgan fingerprint density at radius 1 is 1.00 bits per heavy atom. The summed E-state index contributed by atoms with van der Waals surface area (Å²) in [5.41, 5.74) is 7.57. The van der Waals surface area contributed by atoms with Crippen LogP contribution in [0, 0.1) is 0 Å². The summed E-state index contributed by atoms with van der Waals surface area (Å²) in [5.74, 6) is 0. The average Bonchev–Trinajstić information content (AvgIpc) is 1.69. The van der Waals surface area contributed by atoms with Crippen LogP contribution in [0.3, 0.4) is 0 Å². The third-order valence-electron chi connectivity index (χ3n) is 0.774. The second-order valence-corrected chi connectivity index (χ2v) is 1.37. The van der Waals surface area contributed by atoms with Crippen molar-refractivity contribution in [2.24, 2.45) is 0 Å². The number of hydrogen-bond donors (Lipinski definition) is 0. The Hall–Kier alpha value is 0.0200. The van der Waals surface area contributed by atoms with E-state index in [1.54, 1.807) is 12.1 Å². The molecule has 3 heteroatoms. The smallest absolute Gasteiger partial charge is 0 e. The number of rotatable bonds is 0. The van der Waals surface area contributed by atoms with Crippen molar-refractivity contribution in [3.63, 3.8) is 0 Å². The van der Waals surface area contributed by atoms with Gasteiger partial charge in [0.25, 0.3) is 0 Å². The monoisotopic (exact) mass is 209 g/mol. The third kappa shape index (κ3) is 4.52. The van der Waals surface area contributed by atoms with E-state index in [4.69, 9.17) is 5.73 Å². The summed E-state index contributed by atoms with van der Waals surface area (Å²) in [4.78, 5) is 0. The Labute approximate surface area is 75.1 Å². The molecule has 55 valence electrons. The van der Waals surface area contributed by atoms with E-state index in [2.05, 4.69) is 0 Å². The van der Waals surface area contributed by atoms with Gasteiger partial charge in [-0.25, -0.2) is 0 Å². The fourth-order valence-electron chi connectivity index (χ4n) is 0.438. The minimum atomic E-state index is 0. The molecular weight excluding hydrogens is 204 g/mol. The van der Waals surface area contributed by atoms with Crippen LogP contribution in [0.5, 0.6) is 0 Å². The van der Waals surface area contributed by atoms with Crippen LogP contribution < -0.4 is 0 Å². The molecule has 1 aromatic rings. The van der Waals surface area contributed by atoms with Gasteiger partial charge in [0.2, 0.25) is 0 Å². The van der Waals surface area contributed by atoms with E-state index in [9.17, 15) is 0 Å². The molecular formula is C6H6CoNNi-. The first-order valence-corrected chi connectivity index (χ1v) is 2.16. The number of benzene rings is 1. The molecule has 0 aliphatic heterocycles. The Balaban J connectivity index is 0. The minimum absolute atomic E-state index is 0. The summed E-state index contributed by atoms with van der Waals surface area (Å²) >= 11 is 0. The molecule has 1 nitrogen and oxygen atoms in total. The Bertz CT molecular complexity index is 143. The Kier molecular flexibility index (Phi) is 8.04. The standard InChI is InChI=1S/C6H6N.Co.Ni/c7-6-4-2-1-3-5-6;;/h1-5,7H;;/q-1;;. The Morgan fingerprint density at radius 2 is 1.44 bits per heavy atom. The summed E-state index contributed by atoms with van der Waals surface area (Å²) < 4.78 is 0. The van der Waals surface area contributed by atoms with Gasteiger partial charge in [-0.05, 0) is 0 Å². The molecule has 0 aliphatic carbocycles. The largest absolute Gasteiger partial charge is 0.699 e. The first-order valence-electron chi connectivity index (χ1n) is 2.16. The van der Waals surface area contributed by atoms with Gasteiger partial charge in [-0.15, -0.1) is 5.69 Å². The summed E-state index contributed by atoms with van der Waals surface area (Å²) in [6.07, 6.45) is 0. The molecule has 0 saturated heterocycles. The van der Waals surface area contributed by atoms with Gasteiger partial charge in [-0.1, -0.05) is 30.3 Å². The minimum Gasteiger partial charge on any atom is -0.699 e. The van der Waals surface area contributed by atoms with Crippen LogP contribution in [0.2, 0.25) is 0 Å². The summed E-state index contributed by atoms with van der Waals surface area (Å²) in [6.45, 7) is 0. The predicted molar refractivity (Wildman–Crippen MR) is 30.4 cm³/mol. The topological polar surface area (TPSA) is 23.8 Å². The zero-order valence-electron chi connectivity index (χ0n) is 4.54. The third-order valence-corrected chi connectivity index (χ3v) is 0.774. The van der Waals surface area contributed by atoms with E-state index in [1.165, 1.54) is 0 Å². The summed E-state index contributed by atoms with van der Waals surface area (Å²) in [5, 5.41) is 0. The predicted octanol–water partition coefficient (Wildman–Crippen LogP) is 2.37. The van der Waals surface area contributed by atoms with Crippen LogP contribution in [-0.4, -0.2) is 0 Å². The van der Waals surface area contributed by atoms with Crippen molar-refractivity contribution < 1.29 is 33.3 Å². The van der Waals surface area contributed by atoms with Crippen molar-refractivity contribution >= 4 is 5.69 Å². The fourth-order valence-corrected chi connectivity index (χ4v) is 0.438. The second-order valence-electron chi connectivity index (χ2n) is 1.37. The maximum absolute atomic E-state index is 7.00. The summed E-state index contributed by atoms with van der Waals surface area (Å²) in [7, 11) is 0.